The fourth-order valence-electron chi connectivity index (χ4n) is 2.96. The Bertz CT molecular complexity index is 837. The lowest BCUT2D eigenvalue weighted by atomic mass is 9.98. The molecule has 0 aliphatic carbocycles. The molecule has 1 aromatic carbocycles. The molecular weight excluding hydrogens is 310 g/mol. The molecule has 3 rings (SSSR count). The summed E-state index contributed by atoms with van der Waals surface area (Å²) < 4.78 is 25.6. The predicted octanol–water partition coefficient (Wildman–Crippen LogP) is 1.98. The van der Waals surface area contributed by atoms with Gasteiger partial charge in [-0.2, -0.15) is 0 Å². The van der Waals surface area contributed by atoms with Gasteiger partial charge in [-0.05, 0) is 50.2 Å². The van der Waals surface area contributed by atoms with E-state index in [1.54, 1.807) is 0 Å². The van der Waals surface area contributed by atoms with Gasteiger partial charge in [0.1, 0.15) is 0 Å². The zero-order valence-electron chi connectivity index (χ0n) is 13.6. The molecule has 2 N–H and O–H groups in total. The van der Waals surface area contributed by atoms with Gasteiger partial charge in [0.05, 0.1) is 5.75 Å². The quantitative estimate of drug-likeness (QED) is 0.879. The maximum atomic E-state index is 11.6. The second-order valence-electron chi connectivity index (χ2n) is 6.10. The molecule has 5 nitrogen and oxygen atoms in total. The molecule has 1 aliphatic heterocycles. The number of aromatic nitrogens is 1. The maximum Gasteiger partial charge on any atom is 0.211 e. The third-order valence-electron chi connectivity index (χ3n) is 4.47. The van der Waals surface area contributed by atoms with Crippen molar-refractivity contribution in [1.29, 1.82) is 0 Å². The summed E-state index contributed by atoms with van der Waals surface area (Å²) in [5, 5.41) is 1.18. The number of likely N-dealkylation sites (N-methyl/N-ethyl adjacent to an activating group) is 1. The van der Waals surface area contributed by atoms with Crippen LogP contribution in [0.4, 0.5) is 0 Å². The highest BCUT2D eigenvalue weighted by Gasteiger charge is 2.14. The van der Waals surface area contributed by atoms with Gasteiger partial charge in [-0.15, -0.1) is 0 Å². The van der Waals surface area contributed by atoms with Gasteiger partial charge < -0.3 is 9.88 Å². The molecule has 23 heavy (non-hydrogen) atoms. The van der Waals surface area contributed by atoms with E-state index in [4.69, 9.17) is 0 Å². The first-order chi connectivity index (χ1) is 11.0. The predicted molar refractivity (Wildman–Crippen MR) is 94.9 cm³/mol. The number of fused-ring (bicyclic) bond motifs is 1. The van der Waals surface area contributed by atoms with Crippen LogP contribution in [0.15, 0.2) is 30.5 Å². The van der Waals surface area contributed by atoms with Crippen molar-refractivity contribution in [1.82, 2.24) is 14.6 Å². The van der Waals surface area contributed by atoms with Crippen LogP contribution in [0.25, 0.3) is 16.5 Å². The summed E-state index contributed by atoms with van der Waals surface area (Å²) in [7, 11) is 0.412. The molecule has 0 atom stereocenters. The fourth-order valence-corrected chi connectivity index (χ4v) is 3.67. The topological polar surface area (TPSA) is 65.2 Å². The van der Waals surface area contributed by atoms with Gasteiger partial charge in [-0.25, -0.2) is 13.1 Å². The van der Waals surface area contributed by atoms with Gasteiger partial charge in [0.2, 0.25) is 10.0 Å². The van der Waals surface area contributed by atoms with E-state index in [1.165, 1.54) is 23.6 Å². The second-order valence-corrected chi connectivity index (χ2v) is 8.14. The SMILES string of the molecule is CNS(=O)(=O)CCc1ccc2[nH]cc(C3=CCN(C)CC3)c2c1. The third-order valence-corrected chi connectivity index (χ3v) is 5.84. The summed E-state index contributed by atoms with van der Waals surface area (Å²) in [6.07, 6.45) is 5.91. The van der Waals surface area contributed by atoms with E-state index in [0.717, 1.165) is 30.6 Å². The highest BCUT2D eigenvalue weighted by molar-refractivity contribution is 7.89. The van der Waals surface area contributed by atoms with Crippen molar-refractivity contribution in [3.8, 4) is 0 Å². The first-order valence-electron chi connectivity index (χ1n) is 7.88. The van der Waals surface area contributed by atoms with E-state index in [9.17, 15) is 8.42 Å². The number of rotatable bonds is 5. The van der Waals surface area contributed by atoms with Crippen LogP contribution in [0.3, 0.4) is 0 Å². The van der Waals surface area contributed by atoms with E-state index in [2.05, 4.69) is 40.0 Å². The molecule has 1 aliphatic rings. The number of H-pyrrole nitrogens is 1. The molecule has 1 aromatic heterocycles. The highest BCUT2D eigenvalue weighted by Crippen LogP contribution is 2.29. The molecule has 6 heteroatoms. The zero-order valence-corrected chi connectivity index (χ0v) is 14.4. The number of sulfonamides is 1. The summed E-state index contributed by atoms with van der Waals surface area (Å²) >= 11 is 0. The Hall–Kier alpha value is -1.63. The molecule has 0 spiro atoms. The summed E-state index contributed by atoms with van der Waals surface area (Å²) in [5.41, 5.74) is 4.76. The Morgan fingerprint density at radius 3 is 2.87 bits per heavy atom. The van der Waals surface area contributed by atoms with E-state index in [-0.39, 0.29) is 5.75 Å². The van der Waals surface area contributed by atoms with Crippen LogP contribution in [0, 0.1) is 0 Å². The van der Waals surface area contributed by atoms with Gasteiger partial charge in [0.15, 0.2) is 0 Å². The minimum atomic E-state index is -3.17. The number of hydrogen-bond acceptors (Lipinski definition) is 3. The van der Waals surface area contributed by atoms with Crippen molar-refractivity contribution in [2.75, 3.05) is 32.9 Å². The average Bonchev–Trinajstić information content (AvgIpc) is 2.97. The van der Waals surface area contributed by atoms with Crippen LogP contribution in [-0.4, -0.2) is 51.2 Å². The number of benzene rings is 1. The van der Waals surface area contributed by atoms with E-state index in [0.29, 0.717) is 6.42 Å². The first kappa shape index (κ1) is 16.2. The molecule has 0 radical (unpaired) electrons. The Balaban J connectivity index is 1.88. The number of aryl methyl sites for hydroxylation is 1. The lowest BCUT2D eigenvalue weighted by Crippen LogP contribution is -2.23. The average molecular weight is 333 g/mol. The summed E-state index contributed by atoms with van der Waals surface area (Å²) in [6.45, 7) is 2.04. The summed E-state index contributed by atoms with van der Waals surface area (Å²) in [6, 6.07) is 6.15. The van der Waals surface area contributed by atoms with Crippen molar-refractivity contribution in [2.45, 2.75) is 12.8 Å². The van der Waals surface area contributed by atoms with E-state index >= 15 is 0 Å². The van der Waals surface area contributed by atoms with Crippen molar-refractivity contribution < 1.29 is 8.42 Å². The first-order valence-corrected chi connectivity index (χ1v) is 9.53. The number of nitrogens with zero attached hydrogens (tertiary/aromatic N) is 1. The Labute approximate surface area is 137 Å². The lowest BCUT2D eigenvalue weighted by Gasteiger charge is -2.21. The molecule has 2 heterocycles. The minimum Gasteiger partial charge on any atom is -0.361 e. The Kier molecular flexibility index (Phi) is 4.57. The van der Waals surface area contributed by atoms with Gasteiger partial charge >= 0.3 is 0 Å². The number of hydrogen-bond donors (Lipinski definition) is 2. The van der Waals surface area contributed by atoms with Gasteiger partial charge in [-0.1, -0.05) is 12.1 Å². The molecule has 0 amide bonds. The number of aromatic amines is 1. The zero-order chi connectivity index (χ0) is 16.4. The van der Waals surface area contributed by atoms with Crippen LogP contribution < -0.4 is 4.72 Å². The third kappa shape index (κ3) is 3.65. The van der Waals surface area contributed by atoms with Crippen molar-refractivity contribution in [3.05, 3.63) is 41.6 Å². The minimum absolute atomic E-state index is 0.113. The summed E-state index contributed by atoms with van der Waals surface area (Å²) in [5.74, 6) is 0.113. The van der Waals surface area contributed by atoms with Crippen LogP contribution in [-0.2, 0) is 16.4 Å². The standard InChI is InChI=1S/C17H23N3O2S/c1-18-23(21,22)10-7-13-3-4-17-15(11-13)16(12-19-17)14-5-8-20(2)9-6-14/h3-5,11-12,18-19H,6-10H2,1-2H3. The van der Waals surface area contributed by atoms with Gasteiger partial charge in [0.25, 0.3) is 0 Å². The van der Waals surface area contributed by atoms with E-state index < -0.39 is 10.0 Å². The molecule has 0 unspecified atom stereocenters. The van der Waals surface area contributed by atoms with Crippen molar-refractivity contribution in [3.63, 3.8) is 0 Å². The van der Waals surface area contributed by atoms with Gasteiger partial charge in [0, 0.05) is 35.8 Å². The van der Waals surface area contributed by atoms with Crippen LogP contribution in [0.5, 0.6) is 0 Å². The fraction of sp³-hybridized carbons (Fsp3) is 0.412. The van der Waals surface area contributed by atoms with Crippen molar-refractivity contribution in [2.24, 2.45) is 0 Å². The van der Waals surface area contributed by atoms with Crippen LogP contribution in [0.1, 0.15) is 17.5 Å². The van der Waals surface area contributed by atoms with Gasteiger partial charge in [-0.3, -0.25) is 0 Å². The van der Waals surface area contributed by atoms with Crippen LogP contribution in [0.2, 0.25) is 0 Å². The smallest absolute Gasteiger partial charge is 0.211 e. The molecule has 0 fully saturated rings. The summed E-state index contributed by atoms with van der Waals surface area (Å²) in [4.78, 5) is 5.62. The molecular formula is C17H23N3O2S. The monoisotopic (exact) mass is 333 g/mol. The molecule has 0 saturated carbocycles. The Morgan fingerprint density at radius 2 is 2.17 bits per heavy atom. The normalized spacial score (nSPS) is 16.7. The second kappa shape index (κ2) is 6.47. The lowest BCUT2D eigenvalue weighted by molar-refractivity contribution is 0.370. The Morgan fingerprint density at radius 1 is 1.35 bits per heavy atom. The van der Waals surface area contributed by atoms with Crippen LogP contribution >= 0.6 is 0 Å². The molecule has 0 saturated heterocycles. The maximum absolute atomic E-state index is 11.6. The molecule has 2 aromatic rings. The largest absolute Gasteiger partial charge is 0.361 e. The number of nitrogens with one attached hydrogen (secondary N) is 2. The molecule has 124 valence electrons. The highest BCUT2D eigenvalue weighted by atomic mass is 32.2. The van der Waals surface area contributed by atoms with Crippen molar-refractivity contribution >= 4 is 26.5 Å². The van der Waals surface area contributed by atoms with E-state index in [1.807, 2.05) is 12.1 Å². The molecule has 0 bridgehead atoms.